The Morgan fingerprint density at radius 1 is 0.909 bits per heavy atom. The second kappa shape index (κ2) is 25.2. The van der Waals surface area contributed by atoms with Crippen molar-refractivity contribution in [1.82, 2.24) is 10.6 Å². The number of rotatable bonds is 18. The predicted molar refractivity (Wildman–Crippen MR) is 237 cm³/mol. The summed E-state index contributed by atoms with van der Waals surface area (Å²) in [5.41, 5.74) is 24.0. The van der Waals surface area contributed by atoms with Crippen LogP contribution in [0.4, 0.5) is 4.79 Å². The molecule has 8 atom stereocenters. The van der Waals surface area contributed by atoms with Gasteiger partial charge in [0.25, 0.3) is 0 Å². The van der Waals surface area contributed by atoms with E-state index >= 15 is 0 Å². The highest BCUT2D eigenvalue weighted by molar-refractivity contribution is 8.76. The van der Waals surface area contributed by atoms with Gasteiger partial charge >= 0.3 is 6.09 Å². The zero-order valence-electron chi connectivity index (χ0n) is 35.8. The van der Waals surface area contributed by atoms with Crippen LogP contribution in [0.25, 0.3) is 0 Å². The van der Waals surface area contributed by atoms with E-state index in [1.165, 1.54) is 51.4 Å². The molecule has 3 saturated carbocycles. The summed E-state index contributed by atoms with van der Waals surface area (Å²) in [5.74, 6) is 5.43. The Hall–Kier alpha value is -2.28. The number of carbonyl (C=O) groups is 2. The molecule has 0 aliphatic heterocycles. The number of amides is 2. The molecule has 0 aromatic carbocycles. The fraction of sp³-hybridized carbons (Fsp3) is 0.857. The van der Waals surface area contributed by atoms with Crippen molar-refractivity contribution < 1.29 is 14.3 Å². The summed E-state index contributed by atoms with van der Waals surface area (Å²) >= 11 is 0. The summed E-state index contributed by atoms with van der Waals surface area (Å²) < 4.78 is 5.89. The second-order valence-electron chi connectivity index (χ2n) is 16.8. The molecule has 10 N–H and O–H groups in total. The van der Waals surface area contributed by atoms with E-state index in [4.69, 9.17) is 27.7 Å². The van der Waals surface area contributed by atoms with Gasteiger partial charge < -0.3 is 38.3 Å². The molecule has 8 unspecified atom stereocenters. The maximum atomic E-state index is 12.6. The van der Waals surface area contributed by atoms with Crippen LogP contribution in [0.2, 0.25) is 0 Å². The first-order valence-corrected chi connectivity index (χ1v) is 24.0. The van der Waals surface area contributed by atoms with Crippen molar-refractivity contribution in [3.63, 3.8) is 0 Å². The molecule has 4 aliphatic carbocycles. The van der Waals surface area contributed by atoms with E-state index < -0.39 is 6.04 Å². The van der Waals surface area contributed by atoms with Gasteiger partial charge in [-0.2, -0.15) is 0 Å². The number of hydrogen-bond acceptors (Lipinski definition) is 7. The molecule has 4 aliphatic rings. The number of hydrogen-bond donors (Lipinski definition) is 6. The fourth-order valence-corrected chi connectivity index (χ4v) is 11.3. The number of nitrogens with two attached hydrogens (primary N) is 4. The monoisotopic (exact) mass is 809 g/mol. The first-order valence-electron chi connectivity index (χ1n) is 21.5. The van der Waals surface area contributed by atoms with Crippen LogP contribution in [0.15, 0.2) is 21.6 Å². The van der Waals surface area contributed by atoms with E-state index in [1.54, 1.807) is 27.2 Å². The lowest BCUT2D eigenvalue weighted by molar-refractivity contribution is -0.122. The van der Waals surface area contributed by atoms with E-state index in [9.17, 15) is 9.59 Å². The van der Waals surface area contributed by atoms with Gasteiger partial charge in [-0.1, -0.05) is 108 Å². The maximum absolute atomic E-state index is 12.6. The molecule has 0 spiro atoms. The van der Waals surface area contributed by atoms with Crippen LogP contribution >= 0.6 is 21.6 Å². The molecule has 3 fully saturated rings. The number of allylic oxidation sites excluding steroid dienone is 1. The Morgan fingerprint density at radius 2 is 1.60 bits per heavy atom. The largest absolute Gasteiger partial charge is 0.446 e. The molecule has 4 rings (SSSR count). The normalized spacial score (nSPS) is 28.2. The summed E-state index contributed by atoms with van der Waals surface area (Å²) in [5, 5.41) is 5.82. The van der Waals surface area contributed by atoms with Crippen LogP contribution in [-0.2, 0) is 9.53 Å². The van der Waals surface area contributed by atoms with Gasteiger partial charge in [-0.05, 0) is 105 Å². The molecule has 0 heterocycles. The Kier molecular flexibility index (Phi) is 22.4. The third kappa shape index (κ3) is 15.5. The molecule has 55 heavy (non-hydrogen) atoms. The van der Waals surface area contributed by atoms with E-state index in [-0.39, 0.29) is 35.4 Å². The highest BCUT2D eigenvalue weighted by Crippen LogP contribution is 2.66. The average molecular weight is 809 g/mol. The Bertz CT molecular complexity index is 1240. The molecule has 318 valence electrons. The number of aliphatic imine (C=N–C) groups is 2. The molecule has 0 bridgehead atoms. The fourth-order valence-electron chi connectivity index (χ4n) is 9.53. The van der Waals surface area contributed by atoms with E-state index in [1.807, 2.05) is 13.8 Å². The minimum atomic E-state index is -0.638. The van der Waals surface area contributed by atoms with Crippen molar-refractivity contribution in [1.29, 1.82) is 0 Å². The molecule has 11 nitrogen and oxygen atoms in total. The number of ether oxygens (including phenoxy) is 1. The number of guanidine groups is 2. The van der Waals surface area contributed by atoms with Crippen LogP contribution in [0, 0.1) is 40.4 Å². The van der Waals surface area contributed by atoms with Crippen molar-refractivity contribution in [2.45, 2.75) is 157 Å². The third-order valence-electron chi connectivity index (χ3n) is 12.8. The molecular weight excluding hydrogens is 729 g/mol. The molecule has 0 aromatic rings. The van der Waals surface area contributed by atoms with Gasteiger partial charge in [0.2, 0.25) is 5.91 Å². The zero-order chi connectivity index (χ0) is 41.0. The first kappa shape index (κ1) is 48.9. The van der Waals surface area contributed by atoms with Crippen LogP contribution < -0.4 is 33.6 Å². The number of fused-ring (bicyclic) bond motifs is 5. The minimum absolute atomic E-state index is 0.0390. The average Bonchev–Trinajstić information content (AvgIpc) is 3.45. The van der Waals surface area contributed by atoms with E-state index in [0.29, 0.717) is 37.9 Å². The topological polar surface area (TPSA) is 196 Å². The molecular formula is C42H80N8O3S2. The van der Waals surface area contributed by atoms with Gasteiger partial charge in [-0.15, -0.1) is 0 Å². The van der Waals surface area contributed by atoms with Crippen LogP contribution in [0.1, 0.15) is 145 Å². The van der Waals surface area contributed by atoms with Gasteiger partial charge in [0.15, 0.2) is 11.9 Å². The SMILES string of the molecule is CC.CC1CCC2C3CC=C4CC(OC(=O)NCCSSCCNC(=O)C(CCCCN=C(N)N)N=C(N)N)CCC4(C)C3CCC12C.CCCCC(C)C. The van der Waals surface area contributed by atoms with Crippen molar-refractivity contribution in [2.75, 3.05) is 31.1 Å². The summed E-state index contributed by atoms with van der Waals surface area (Å²) in [4.78, 5) is 33.2. The molecule has 2 amide bonds. The summed E-state index contributed by atoms with van der Waals surface area (Å²) in [6, 6.07) is -0.638. The number of carbonyl (C=O) groups excluding carboxylic acids is 2. The highest BCUT2D eigenvalue weighted by Gasteiger charge is 2.57. The van der Waals surface area contributed by atoms with Crippen LogP contribution in [-0.4, -0.2) is 67.2 Å². The molecule has 0 aromatic heterocycles. The number of nitrogens with one attached hydrogen (secondary N) is 2. The first-order chi connectivity index (χ1) is 26.2. The zero-order valence-corrected chi connectivity index (χ0v) is 37.4. The van der Waals surface area contributed by atoms with Crippen LogP contribution in [0.5, 0.6) is 0 Å². The predicted octanol–water partition coefficient (Wildman–Crippen LogP) is 8.12. The van der Waals surface area contributed by atoms with Crippen molar-refractivity contribution in [3.8, 4) is 0 Å². The molecule has 13 heteroatoms. The van der Waals surface area contributed by atoms with E-state index in [2.05, 4.69) is 68.2 Å². The highest BCUT2D eigenvalue weighted by atomic mass is 33.1. The lowest BCUT2D eigenvalue weighted by Crippen LogP contribution is -2.50. The summed E-state index contributed by atoms with van der Waals surface area (Å²) in [6.07, 6.45) is 17.9. The standard InChI is InChI=1S/C33H58N8O3S2.C7H16.C2H6/c1-21-7-10-25-24-9-8-22-20-23(11-13-33(22,3)26(24)12-14-32(21,25)2)44-31(43)40-17-19-46-45-18-16-38-28(42)27(41-30(36)37)6-4-5-15-39-29(34)35;1-4-5-6-7(2)3;1-2/h8,21,23-27H,4-7,9-20H2,1-3H3,(H,38,42)(H,40,43)(H4,34,35,39)(H4,36,37,41);7H,4-6H2,1-3H3;1-2H3. The minimum Gasteiger partial charge on any atom is -0.446 e. The van der Waals surface area contributed by atoms with Gasteiger partial charge in [-0.3, -0.25) is 9.79 Å². The Morgan fingerprint density at radius 3 is 2.22 bits per heavy atom. The number of alkyl carbamates (subject to hydrolysis) is 1. The molecule has 0 saturated heterocycles. The van der Waals surface area contributed by atoms with Gasteiger partial charge in [0.1, 0.15) is 12.1 Å². The Balaban J connectivity index is 0.00000104. The van der Waals surface area contributed by atoms with Crippen molar-refractivity contribution in [3.05, 3.63) is 11.6 Å². The van der Waals surface area contributed by atoms with E-state index in [0.717, 1.165) is 66.8 Å². The lowest BCUT2D eigenvalue weighted by atomic mass is 9.47. The quantitative estimate of drug-likeness (QED) is 0.0261. The maximum Gasteiger partial charge on any atom is 0.407 e. The van der Waals surface area contributed by atoms with Crippen LogP contribution in [0.3, 0.4) is 0 Å². The third-order valence-corrected chi connectivity index (χ3v) is 15.2. The van der Waals surface area contributed by atoms with Gasteiger partial charge in [0.05, 0.1) is 0 Å². The van der Waals surface area contributed by atoms with Crippen molar-refractivity contribution >= 4 is 45.5 Å². The summed E-state index contributed by atoms with van der Waals surface area (Å²) in [7, 11) is 3.29. The number of unbranched alkanes of at least 4 members (excludes halogenated alkanes) is 2. The van der Waals surface area contributed by atoms with Crippen molar-refractivity contribution in [2.24, 2.45) is 73.3 Å². The molecule has 0 radical (unpaired) electrons. The van der Waals surface area contributed by atoms with Gasteiger partial charge in [-0.25, -0.2) is 9.79 Å². The summed E-state index contributed by atoms with van der Waals surface area (Å²) in [6.45, 7) is 19.9. The lowest BCUT2D eigenvalue weighted by Gasteiger charge is -2.58. The van der Waals surface area contributed by atoms with Gasteiger partial charge in [0, 0.05) is 37.6 Å². The smallest absolute Gasteiger partial charge is 0.407 e. The Labute approximate surface area is 342 Å². The number of nitrogens with zero attached hydrogens (tertiary/aromatic N) is 2. The second-order valence-corrected chi connectivity index (χ2v) is 19.5.